The van der Waals surface area contributed by atoms with Crippen LogP contribution in [-0.2, 0) is 45.6 Å². The minimum absolute atomic E-state index is 0. The molecule has 0 saturated heterocycles. The van der Waals surface area contributed by atoms with Gasteiger partial charge >= 0.3 is 0 Å². The number of nitrogens with zero attached hydrogens (tertiary/aromatic N) is 3. The van der Waals surface area contributed by atoms with E-state index in [0.29, 0.717) is 0 Å². The minimum Gasteiger partial charge on any atom is -0.260 e. The quantitative estimate of drug-likeness (QED) is 0.161. The Labute approximate surface area is 295 Å². The Hall–Kier alpha value is -3.79. The Bertz CT molecular complexity index is 1630. The van der Waals surface area contributed by atoms with E-state index in [-0.39, 0.29) is 32.7 Å². The number of fused-ring (bicyclic) bond motifs is 6. The van der Waals surface area contributed by atoms with Gasteiger partial charge in [-0.1, -0.05) is 102 Å². The number of hydrogen-bond donors (Lipinski definition) is 0. The topological polar surface area (TPSA) is 37.6 Å². The zero-order chi connectivity index (χ0) is 31.6. The Kier molecular flexibility index (Phi) is 17.5. The third-order valence-corrected chi connectivity index (χ3v) is 6.58. The number of pyridine rings is 1. The molecule has 8 rings (SSSR count). The average Bonchev–Trinajstić information content (AvgIpc) is 3.83. The fourth-order valence-electron chi connectivity index (χ4n) is 4.68. The molecule has 4 heteroatoms. The molecule has 6 aromatic rings. The van der Waals surface area contributed by atoms with Gasteiger partial charge in [-0.05, 0) is 10.9 Å². The van der Waals surface area contributed by atoms with Crippen LogP contribution in [0.5, 0.6) is 0 Å². The standard InChI is InChI=1S/C12H9N.C12H8.C11H8N2.3C2H6.Y/c1-2-4-11-9(3-1)5-6-10-7-8-13-12(10)11;1-3-7-11(8-4-1)12-9-5-2-6-10-12;1-2-4-9-8(3-1)7-13-10-5-6-12-11(9)10;3*1-2;/h1-6,8H,7H2;1-7,9H;1-4,6-7H,5H2;3*1-2H3;/q;-2;;;;;. The van der Waals surface area contributed by atoms with Crippen molar-refractivity contribution < 1.29 is 32.7 Å². The van der Waals surface area contributed by atoms with Gasteiger partial charge in [-0.15, -0.1) is 12.1 Å². The van der Waals surface area contributed by atoms with Gasteiger partial charge in [0, 0.05) is 80.3 Å². The number of aromatic nitrogens is 1. The SMILES string of the molecule is C1=Nc2c(ccc3ccccc23)C1.C1=Nc2c(ncc3ccccc23)C1.CC.CC.CC.[Y].[c-]1ccccc1-c1[c-]cccc1. The molecule has 0 spiro atoms. The molecule has 227 valence electrons. The third kappa shape index (κ3) is 10.1. The van der Waals surface area contributed by atoms with Gasteiger partial charge in [0.2, 0.25) is 0 Å². The first-order chi connectivity index (χ1) is 21.9. The van der Waals surface area contributed by atoms with Crippen molar-refractivity contribution in [2.45, 2.75) is 54.4 Å². The van der Waals surface area contributed by atoms with Gasteiger partial charge in [-0.3, -0.25) is 15.0 Å². The molecule has 3 heterocycles. The maximum atomic E-state index is 4.40. The number of hydrogen-bond acceptors (Lipinski definition) is 3. The van der Waals surface area contributed by atoms with Gasteiger partial charge in [-0.25, -0.2) is 11.1 Å². The van der Waals surface area contributed by atoms with Crippen LogP contribution in [0.1, 0.15) is 52.8 Å². The molecule has 0 atom stereocenters. The summed E-state index contributed by atoms with van der Waals surface area (Å²) in [7, 11) is 0. The smallest absolute Gasteiger partial charge is 0.0923 e. The van der Waals surface area contributed by atoms with Gasteiger partial charge in [0.1, 0.15) is 0 Å². The van der Waals surface area contributed by atoms with E-state index in [1.54, 1.807) is 0 Å². The zero-order valence-electron chi connectivity index (χ0n) is 27.5. The molecule has 0 amide bonds. The molecule has 0 saturated carbocycles. The van der Waals surface area contributed by atoms with E-state index in [0.717, 1.165) is 41.0 Å². The van der Waals surface area contributed by atoms with E-state index < -0.39 is 0 Å². The number of aliphatic imine (C=N–C) groups is 2. The molecule has 0 aliphatic carbocycles. The summed E-state index contributed by atoms with van der Waals surface area (Å²) < 4.78 is 0. The summed E-state index contributed by atoms with van der Waals surface area (Å²) in [6.45, 7) is 12.0. The molecule has 3 nitrogen and oxygen atoms in total. The molecule has 0 unspecified atom stereocenters. The largest absolute Gasteiger partial charge is 0.260 e. The number of benzene rings is 5. The van der Waals surface area contributed by atoms with Crippen LogP contribution in [0.2, 0.25) is 0 Å². The molecule has 2 aliphatic rings. The van der Waals surface area contributed by atoms with Crippen LogP contribution in [0.15, 0.2) is 125 Å². The summed E-state index contributed by atoms with van der Waals surface area (Å²) in [5.41, 5.74) is 6.85. The van der Waals surface area contributed by atoms with Crippen LogP contribution in [0.3, 0.4) is 0 Å². The predicted molar refractivity (Wildman–Crippen MR) is 193 cm³/mol. The van der Waals surface area contributed by atoms with Crippen LogP contribution >= 0.6 is 0 Å². The molecule has 1 radical (unpaired) electrons. The van der Waals surface area contributed by atoms with Crippen LogP contribution in [0.25, 0.3) is 32.7 Å². The van der Waals surface area contributed by atoms with Crippen molar-refractivity contribution in [3.63, 3.8) is 0 Å². The van der Waals surface area contributed by atoms with Crippen molar-refractivity contribution >= 4 is 45.3 Å². The van der Waals surface area contributed by atoms with Gasteiger partial charge in [0.05, 0.1) is 17.1 Å². The molecule has 5 aromatic carbocycles. The van der Waals surface area contributed by atoms with Gasteiger partial charge in [0.25, 0.3) is 0 Å². The van der Waals surface area contributed by atoms with Crippen molar-refractivity contribution in [1.82, 2.24) is 4.98 Å². The fraction of sp³-hybridized carbons (Fsp3) is 0.195. The summed E-state index contributed by atoms with van der Waals surface area (Å²) in [6.07, 6.45) is 7.68. The van der Waals surface area contributed by atoms with Crippen LogP contribution in [0, 0.1) is 12.1 Å². The van der Waals surface area contributed by atoms with E-state index in [1.165, 1.54) is 27.1 Å². The summed E-state index contributed by atoms with van der Waals surface area (Å²) in [4.78, 5) is 13.1. The molecular weight excluding hydrogens is 623 g/mol. The van der Waals surface area contributed by atoms with E-state index in [1.807, 2.05) is 121 Å². The first-order valence-corrected chi connectivity index (χ1v) is 15.7. The Balaban J connectivity index is 0.000000215. The summed E-state index contributed by atoms with van der Waals surface area (Å²) in [5.74, 6) is 0. The molecule has 45 heavy (non-hydrogen) atoms. The molecule has 2 aliphatic heterocycles. The minimum atomic E-state index is 0. The van der Waals surface area contributed by atoms with Gasteiger partial charge in [0.15, 0.2) is 0 Å². The second kappa shape index (κ2) is 21.0. The van der Waals surface area contributed by atoms with Crippen molar-refractivity contribution in [3.05, 3.63) is 139 Å². The maximum absolute atomic E-state index is 4.40. The van der Waals surface area contributed by atoms with Crippen LogP contribution < -0.4 is 0 Å². The summed E-state index contributed by atoms with van der Waals surface area (Å²) in [5, 5.41) is 4.93. The molecule has 0 N–H and O–H groups in total. The molecular formula is C41H43N3Y-2. The zero-order valence-corrected chi connectivity index (χ0v) is 30.3. The second-order valence-corrected chi connectivity index (χ2v) is 9.02. The predicted octanol–water partition coefficient (Wildman–Crippen LogP) is 11.6. The molecule has 0 bridgehead atoms. The average molecular weight is 667 g/mol. The normalized spacial score (nSPS) is 10.8. The van der Waals surface area contributed by atoms with Crippen molar-refractivity contribution in [3.8, 4) is 11.1 Å². The Morgan fingerprint density at radius 2 is 1.02 bits per heavy atom. The number of rotatable bonds is 1. The van der Waals surface area contributed by atoms with Crippen molar-refractivity contribution in [2.24, 2.45) is 9.98 Å². The third-order valence-electron chi connectivity index (χ3n) is 6.58. The Morgan fingerprint density at radius 3 is 1.62 bits per heavy atom. The summed E-state index contributed by atoms with van der Waals surface area (Å²) >= 11 is 0. The molecule has 0 fully saturated rings. The van der Waals surface area contributed by atoms with Crippen molar-refractivity contribution in [2.75, 3.05) is 0 Å². The van der Waals surface area contributed by atoms with Crippen molar-refractivity contribution in [1.29, 1.82) is 0 Å². The first-order valence-electron chi connectivity index (χ1n) is 15.7. The fourth-order valence-corrected chi connectivity index (χ4v) is 4.68. The first kappa shape index (κ1) is 37.4. The summed E-state index contributed by atoms with van der Waals surface area (Å²) in [6, 6.07) is 43.1. The second-order valence-electron chi connectivity index (χ2n) is 9.02. The Morgan fingerprint density at radius 1 is 0.511 bits per heavy atom. The van der Waals surface area contributed by atoms with Crippen LogP contribution in [-0.4, -0.2) is 17.4 Å². The van der Waals surface area contributed by atoms with E-state index in [2.05, 4.69) is 75.6 Å². The van der Waals surface area contributed by atoms with Gasteiger partial charge < -0.3 is 0 Å². The van der Waals surface area contributed by atoms with E-state index >= 15 is 0 Å². The van der Waals surface area contributed by atoms with Gasteiger partial charge in [-0.2, -0.15) is 48.5 Å². The maximum Gasteiger partial charge on any atom is 0.0923 e. The van der Waals surface area contributed by atoms with E-state index in [4.69, 9.17) is 0 Å². The van der Waals surface area contributed by atoms with Crippen LogP contribution in [0.4, 0.5) is 11.4 Å². The van der Waals surface area contributed by atoms with E-state index in [9.17, 15) is 0 Å². The monoisotopic (exact) mass is 666 g/mol. The molecule has 1 aromatic heterocycles.